The first-order valence-corrected chi connectivity index (χ1v) is 9.61. The first-order valence-electron chi connectivity index (χ1n) is 9.61. The number of benzene rings is 3. The van der Waals surface area contributed by atoms with E-state index < -0.39 is 11.8 Å². The van der Waals surface area contributed by atoms with Gasteiger partial charge in [0, 0.05) is 11.8 Å². The Kier molecular flexibility index (Phi) is 5.26. The fourth-order valence-corrected chi connectivity index (χ4v) is 3.33. The quantitative estimate of drug-likeness (QED) is 0.477. The zero-order valence-electron chi connectivity index (χ0n) is 16.5. The first-order chi connectivity index (χ1) is 14.5. The van der Waals surface area contributed by atoms with E-state index in [0.29, 0.717) is 16.8 Å². The number of hydrogen-bond acceptors (Lipinski definition) is 3. The summed E-state index contributed by atoms with van der Waals surface area (Å²) in [5.74, 6) is -1.11. The summed E-state index contributed by atoms with van der Waals surface area (Å²) in [7, 11) is 0. The van der Waals surface area contributed by atoms with Gasteiger partial charge in [-0.3, -0.25) is 24.2 Å². The van der Waals surface area contributed by atoms with Gasteiger partial charge >= 0.3 is 0 Å². The number of carbonyl (C=O) groups excluding carboxylic acids is 3. The average molecular weight is 396 g/mol. The summed E-state index contributed by atoms with van der Waals surface area (Å²) >= 11 is 0. The summed E-state index contributed by atoms with van der Waals surface area (Å²) in [6.45, 7) is 1.79. The predicted octanol–water partition coefficient (Wildman–Crippen LogP) is 4.30. The third-order valence-corrected chi connectivity index (χ3v) is 4.99. The summed E-state index contributed by atoms with van der Waals surface area (Å²) in [6, 6.07) is 23.6. The fourth-order valence-electron chi connectivity index (χ4n) is 3.33. The van der Waals surface area contributed by atoms with Crippen LogP contribution in [0.3, 0.4) is 0 Å². The zero-order chi connectivity index (χ0) is 21.1. The van der Waals surface area contributed by atoms with Crippen molar-refractivity contribution in [3.05, 3.63) is 107 Å². The van der Waals surface area contributed by atoms with Crippen molar-refractivity contribution >= 4 is 29.5 Å². The van der Waals surface area contributed by atoms with Crippen molar-refractivity contribution < 1.29 is 14.4 Å². The van der Waals surface area contributed by atoms with Gasteiger partial charge in [0.1, 0.15) is 6.67 Å². The van der Waals surface area contributed by atoms with Crippen LogP contribution in [-0.4, -0.2) is 29.3 Å². The molecule has 0 saturated carbocycles. The molecular formula is C25H20N2O3. The van der Waals surface area contributed by atoms with Gasteiger partial charge in [-0.2, -0.15) is 0 Å². The maximum atomic E-state index is 13.1. The van der Waals surface area contributed by atoms with Crippen LogP contribution in [0.25, 0.3) is 6.08 Å². The number of aryl methyl sites for hydroxylation is 1. The number of imide groups is 1. The van der Waals surface area contributed by atoms with Gasteiger partial charge in [0.05, 0.1) is 11.1 Å². The Morgan fingerprint density at radius 1 is 0.833 bits per heavy atom. The van der Waals surface area contributed by atoms with E-state index in [2.05, 4.69) is 0 Å². The maximum absolute atomic E-state index is 13.1. The summed E-state index contributed by atoms with van der Waals surface area (Å²) in [5, 5.41) is 0. The summed E-state index contributed by atoms with van der Waals surface area (Å²) in [4.78, 5) is 41.2. The molecule has 3 aromatic carbocycles. The van der Waals surface area contributed by atoms with Crippen molar-refractivity contribution in [1.82, 2.24) is 4.90 Å². The lowest BCUT2D eigenvalue weighted by Crippen LogP contribution is -2.43. The van der Waals surface area contributed by atoms with Crippen molar-refractivity contribution in [3.8, 4) is 0 Å². The van der Waals surface area contributed by atoms with Crippen LogP contribution in [0.15, 0.2) is 84.9 Å². The molecule has 0 unspecified atom stereocenters. The topological polar surface area (TPSA) is 57.7 Å². The molecule has 0 spiro atoms. The predicted molar refractivity (Wildman–Crippen MR) is 116 cm³/mol. The normalized spacial score (nSPS) is 13.0. The van der Waals surface area contributed by atoms with Crippen LogP contribution in [0.2, 0.25) is 0 Å². The highest BCUT2D eigenvalue weighted by molar-refractivity contribution is 6.21. The minimum atomic E-state index is -0.396. The lowest BCUT2D eigenvalue weighted by molar-refractivity contribution is -0.114. The molecule has 30 heavy (non-hydrogen) atoms. The van der Waals surface area contributed by atoms with E-state index in [9.17, 15) is 14.4 Å². The molecule has 5 nitrogen and oxygen atoms in total. The van der Waals surface area contributed by atoms with Crippen molar-refractivity contribution in [3.63, 3.8) is 0 Å². The Balaban J connectivity index is 1.64. The molecule has 0 atom stereocenters. The molecule has 0 radical (unpaired) electrons. The van der Waals surface area contributed by atoms with Crippen LogP contribution in [0.4, 0.5) is 5.69 Å². The number of amides is 3. The van der Waals surface area contributed by atoms with Crippen LogP contribution in [0, 0.1) is 6.92 Å². The maximum Gasteiger partial charge on any atom is 0.263 e. The minimum Gasteiger partial charge on any atom is -0.290 e. The molecule has 0 fully saturated rings. The van der Waals surface area contributed by atoms with E-state index in [4.69, 9.17) is 0 Å². The van der Waals surface area contributed by atoms with Crippen molar-refractivity contribution in [1.29, 1.82) is 0 Å². The highest BCUT2D eigenvalue weighted by Gasteiger charge is 2.36. The second-order valence-corrected chi connectivity index (χ2v) is 7.07. The molecule has 0 aliphatic carbocycles. The van der Waals surface area contributed by atoms with Crippen molar-refractivity contribution in [2.45, 2.75) is 6.92 Å². The third-order valence-electron chi connectivity index (χ3n) is 4.99. The van der Waals surface area contributed by atoms with Crippen LogP contribution < -0.4 is 4.90 Å². The molecule has 1 heterocycles. The third kappa shape index (κ3) is 3.78. The number of hydrogen-bond donors (Lipinski definition) is 0. The van der Waals surface area contributed by atoms with Crippen LogP contribution in [-0.2, 0) is 4.79 Å². The Morgan fingerprint density at radius 3 is 2.00 bits per heavy atom. The number of rotatable bonds is 5. The molecule has 0 aromatic heterocycles. The van der Waals surface area contributed by atoms with E-state index in [1.54, 1.807) is 30.3 Å². The minimum absolute atomic E-state index is 0.159. The van der Waals surface area contributed by atoms with Gasteiger partial charge in [-0.15, -0.1) is 0 Å². The summed E-state index contributed by atoms with van der Waals surface area (Å²) in [5.41, 5.74) is 3.26. The zero-order valence-corrected chi connectivity index (χ0v) is 16.5. The monoisotopic (exact) mass is 396 g/mol. The SMILES string of the molecule is Cc1ccc(N(CN2C(=O)c3ccccc3C2=O)C(=O)/C=C/c2ccccc2)cc1. The molecule has 4 rings (SSSR count). The van der Waals surface area contributed by atoms with Gasteiger partial charge < -0.3 is 0 Å². The Hall–Kier alpha value is -3.99. The lowest BCUT2D eigenvalue weighted by atomic mass is 10.1. The van der Waals surface area contributed by atoms with Gasteiger partial charge in [-0.1, -0.05) is 60.2 Å². The van der Waals surface area contributed by atoms with Gasteiger partial charge in [0.15, 0.2) is 0 Å². The molecule has 3 aromatic rings. The van der Waals surface area contributed by atoms with Crippen molar-refractivity contribution in [2.24, 2.45) is 0 Å². The molecule has 148 valence electrons. The van der Waals surface area contributed by atoms with Crippen molar-refractivity contribution in [2.75, 3.05) is 11.6 Å². The molecule has 1 aliphatic heterocycles. The first kappa shape index (κ1) is 19.3. The largest absolute Gasteiger partial charge is 0.290 e. The van der Waals surface area contributed by atoms with E-state index in [1.807, 2.05) is 61.5 Å². The second kappa shape index (κ2) is 8.17. The van der Waals surface area contributed by atoms with Gasteiger partial charge in [-0.25, -0.2) is 0 Å². The van der Waals surface area contributed by atoms with Gasteiger partial charge in [-0.05, 0) is 42.8 Å². The molecule has 0 bridgehead atoms. The standard InChI is InChI=1S/C25H20N2O3/c1-18-11-14-20(15-12-18)26(23(28)16-13-19-7-3-2-4-8-19)17-27-24(29)21-9-5-6-10-22(21)25(27)30/h2-16H,17H2,1H3/b16-13+. The van der Waals surface area contributed by atoms with E-state index in [1.165, 1.54) is 11.0 Å². The molecule has 0 saturated heterocycles. The second-order valence-electron chi connectivity index (χ2n) is 7.07. The molecule has 3 amide bonds. The van der Waals surface area contributed by atoms with E-state index in [-0.39, 0.29) is 12.6 Å². The highest BCUT2D eigenvalue weighted by atomic mass is 16.2. The van der Waals surface area contributed by atoms with Crippen LogP contribution in [0.1, 0.15) is 31.8 Å². The summed E-state index contributed by atoms with van der Waals surface area (Å²) < 4.78 is 0. The van der Waals surface area contributed by atoms with Crippen LogP contribution in [0.5, 0.6) is 0 Å². The molecule has 5 heteroatoms. The number of nitrogens with zero attached hydrogens (tertiary/aromatic N) is 2. The number of anilines is 1. The van der Waals surface area contributed by atoms with Gasteiger partial charge in [0.2, 0.25) is 0 Å². The Labute approximate surface area is 174 Å². The highest BCUT2D eigenvalue weighted by Crippen LogP contribution is 2.25. The van der Waals surface area contributed by atoms with E-state index >= 15 is 0 Å². The average Bonchev–Trinajstić information content (AvgIpc) is 3.02. The number of carbonyl (C=O) groups is 3. The van der Waals surface area contributed by atoms with E-state index in [0.717, 1.165) is 16.0 Å². The Morgan fingerprint density at radius 2 is 1.40 bits per heavy atom. The van der Waals surface area contributed by atoms with Gasteiger partial charge in [0.25, 0.3) is 17.7 Å². The molecular weight excluding hydrogens is 376 g/mol. The molecule has 1 aliphatic rings. The summed E-state index contributed by atoms with van der Waals surface area (Å²) in [6.07, 6.45) is 3.17. The smallest absolute Gasteiger partial charge is 0.263 e. The Bertz CT molecular complexity index is 1100. The lowest BCUT2D eigenvalue weighted by Gasteiger charge is -2.26. The van der Waals surface area contributed by atoms with Crippen LogP contribution >= 0.6 is 0 Å². The number of fused-ring (bicyclic) bond motifs is 1. The molecule has 0 N–H and O–H groups in total. The fraction of sp³-hybridized carbons (Fsp3) is 0.0800.